The van der Waals surface area contributed by atoms with Crippen molar-refractivity contribution in [2.75, 3.05) is 19.7 Å². The Morgan fingerprint density at radius 3 is 2.90 bits per heavy atom. The van der Waals surface area contributed by atoms with E-state index in [0.29, 0.717) is 17.9 Å². The van der Waals surface area contributed by atoms with Gasteiger partial charge in [-0.25, -0.2) is 0 Å². The summed E-state index contributed by atoms with van der Waals surface area (Å²) in [7, 11) is 0. The standard InChI is InChI=1S/C15H19N3O3/c16-8-11-3-5-13(6-4-11)21-10-12(19)9-18-14-2-1-7-17-15(14)20/h3-6,12,14,18-19H,1-2,7,9-10H2,(H,17,20). The zero-order chi connectivity index (χ0) is 15.1. The van der Waals surface area contributed by atoms with Crippen LogP contribution in [0.3, 0.4) is 0 Å². The van der Waals surface area contributed by atoms with E-state index in [-0.39, 0.29) is 18.6 Å². The van der Waals surface area contributed by atoms with E-state index in [1.165, 1.54) is 0 Å². The Balaban J connectivity index is 1.70. The molecule has 6 nitrogen and oxygen atoms in total. The molecule has 1 fully saturated rings. The molecule has 1 aliphatic rings. The third kappa shape index (κ3) is 4.74. The van der Waals surface area contributed by atoms with Crippen LogP contribution in [0.15, 0.2) is 24.3 Å². The van der Waals surface area contributed by atoms with Crippen molar-refractivity contribution in [2.24, 2.45) is 0 Å². The van der Waals surface area contributed by atoms with Gasteiger partial charge in [0.2, 0.25) is 5.91 Å². The van der Waals surface area contributed by atoms with Crippen molar-refractivity contribution in [3.63, 3.8) is 0 Å². The quantitative estimate of drug-likeness (QED) is 0.694. The normalized spacial score (nSPS) is 19.4. The Morgan fingerprint density at radius 2 is 2.24 bits per heavy atom. The fraction of sp³-hybridized carbons (Fsp3) is 0.467. The number of nitriles is 1. The molecule has 1 amide bonds. The smallest absolute Gasteiger partial charge is 0.237 e. The van der Waals surface area contributed by atoms with Crippen LogP contribution in [0, 0.1) is 11.3 Å². The molecule has 2 atom stereocenters. The van der Waals surface area contributed by atoms with E-state index in [4.69, 9.17) is 10.00 Å². The van der Waals surface area contributed by atoms with Crippen molar-refractivity contribution in [1.29, 1.82) is 5.26 Å². The lowest BCUT2D eigenvalue weighted by Gasteiger charge is -2.24. The number of hydrogen-bond acceptors (Lipinski definition) is 5. The van der Waals surface area contributed by atoms with Crippen molar-refractivity contribution in [3.05, 3.63) is 29.8 Å². The van der Waals surface area contributed by atoms with Crippen molar-refractivity contribution in [1.82, 2.24) is 10.6 Å². The van der Waals surface area contributed by atoms with Gasteiger partial charge in [-0.2, -0.15) is 5.26 Å². The van der Waals surface area contributed by atoms with Gasteiger partial charge in [-0.1, -0.05) is 0 Å². The van der Waals surface area contributed by atoms with Gasteiger partial charge in [-0.15, -0.1) is 0 Å². The highest BCUT2D eigenvalue weighted by atomic mass is 16.5. The number of hydrogen-bond donors (Lipinski definition) is 3. The highest BCUT2D eigenvalue weighted by Crippen LogP contribution is 2.11. The lowest BCUT2D eigenvalue weighted by atomic mass is 10.1. The molecule has 0 aromatic heterocycles. The Labute approximate surface area is 123 Å². The third-order valence-corrected chi connectivity index (χ3v) is 3.31. The van der Waals surface area contributed by atoms with E-state index in [1.54, 1.807) is 24.3 Å². The number of aliphatic hydroxyl groups excluding tert-OH is 1. The summed E-state index contributed by atoms with van der Waals surface area (Å²) >= 11 is 0. The lowest BCUT2D eigenvalue weighted by molar-refractivity contribution is -0.124. The number of ether oxygens (including phenoxy) is 1. The molecule has 0 spiro atoms. The van der Waals surface area contributed by atoms with Crippen LogP contribution < -0.4 is 15.4 Å². The summed E-state index contributed by atoms with van der Waals surface area (Å²) in [5.74, 6) is 0.588. The predicted molar refractivity (Wildman–Crippen MR) is 76.7 cm³/mol. The molecule has 2 unspecified atom stereocenters. The summed E-state index contributed by atoms with van der Waals surface area (Å²) in [6.45, 7) is 1.16. The Hall–Kier alpha value is -2.10. The first-order valence-electron chi connectivity index (χ1n) is 7.01. The number of benzene rings is 1. The summed E-state index contributed by atoms with van der Waals surface area (Å²) in [6.07, 6.45) is 1.03. The van der Waals surface area contributed by atoms with E-state index in [1.807, 2.05) is 6.07 Å². The van der Waals surface area contributed by atoms with Gasteiger partial charge in [0.15, 0.2) is 0 Å². The van der Waals surface area contributed by atoms with Crippen LogP contribution in [-0.4, -0.2) is 42.9 Å². The highest BCUT2D eigenvalue weighted by Gasteiger charge is 2.21. The van der Waals surface area contributed by atoms with Gasteiger partial charge in [0, 0.05) is 13.1 Å². The average molecular weight is 289 g/mol. The molecule has 1 heterocycles. The largest absolute Gasteiger partial charge is 0.491 e. The monoisotopic (exact) mass is 289 g/mol. The van der Waals surface area contributed by atoms with Gasteiger partial charge in [0.25, 0.3) is 0 Å². The maximum Gasteiger partial charge on any atom is 0.237 e. The minimum Gasteiger partial charge on any atom is -0.491 e. The predicted octanol–water partition coefficient (Wildman–Crippen LogP) is 0.166. The summed E-state index contributed by atoms with van der Waals surface area (Å²) in [4.78, 5) is 11.5. The Bertz CT molecular complexity index is 510. The maximum atomic E-state index is 11.5. The van der Waals surface area contributed by atoms with Gasteiger partial charge in [0.05, 0.1) is 17.7 Å². The number of nitrogens with zero attached hydrogens (tertiary/aromatic N) is 1. The second kappa shape index (κ2) is 7.62. The molecular formula is C15H19N3O3. The van der Waals surface area contributed by atoms with Crippen LogP contribution in [-0.2, 0) is 4.79 Å². The van der Waals surface area contributed by atoms with Gasteiger partial charge < -0.3 is 20.5 Å². The van der Waals surface area contributed by atoms with Gasteiger partial charge in [-0.3, -0.25) is 4.79 Å². The van der Waals surface area contributed by atoms with Crippen LogP contribution in [0.5, 0.6) is 5.75 Å². The molecule has 2 rings (SSSR count). The number of carbonyl (C=O) groups is 1. The van der Waals surface area contributed by atoms with E-state index in [9.17, 15) is 9.90 Å². The van der Waals surface area contributed by atoms with Crippen molar-refractivity contribution < 1.29 is 14.6 Å². The summed E-state index contributed by atoms with van der Waals surface area (Å²) in [5.41, 5.74) is 0.563. The first kappa shape index (κ1) is 15.3. The number of piperidine rings is 1. The Kier molecular flexibility index (Phi) is 5.55. The fourth-order valence-electron chi connectivity index (χ4n) is 2.12. The molecule has 21 heavy (non-hydrogen) atoms. The molecule has 112 valence electrons. The van der Waals surface area contributed by atoms with Crippen LogP contribution in [0.2, 0.25) is 0 Å². The summed E-state index contributed by atoms with van der Waals surface area (Å²) in [5, 5.41) is 24.4. The molecule has 0 radical (unpaired) electrons. The van der Waals surface area contributed by atoms with Gasteiger partial charge in [0.1, 0.15) is 18.5 Å². The summed E-state index contributed by atoms with van der Waals surface area (Å²) in [6, 6.07) is 8.49. The highest BCUT2D eigenvalue weighted by molar-refractivity contribution is 5.82. The van der Waals surface area contributed by atoms with Crippen LogP contribution in [0.1, 0.15) is 18.4 Å². The van der Waals surface area contributed by atoms with E-state index in [0.717, 1.165) is 19.4 Å². The second-order valence-electron chi connectivity index (χ2n) is 5.00. The first-order chi connectivity index (χ1) is 10.2. The van der Waals surface area contributed by atoms with Crippen molar-refractivity contribution in [2.45, 2.75) is 25.0 Å². The first-order valence-corrected chi connectivity index (χ1v) is 7.01. The molecule has 0 saturated carbocycles. The number of nitrogens with one attached hydrogen (secondary N) is 2. The molecule has 1 aliphatic heterocycles. The third-order valence-electron chi connectivity index (χ3n) is 3.31. The zero-order valence-corrected chi connectivity index (χ0v) is 11.7. The molecule has 3 N–H and O–H groups in total. The minimum absolute atomic E-state index is 0.0125. The van der Waals surface area contributed by atoms with Gasteiger partial charge in [-0.05, 0) is 37.1 Å². The van der Waals surface area contributed by atoms with E-state index in [2.05, 4.69) is 10.6 Å². The van der Waals surface area contributed by atoms with E-state index < -0.39 is 6.10 Å². The molecule has 1 saturated heterocycles. The molecule has 0 aliphatic carbocycles. The molecule has 6 heteroatoms. The molecule has 1 aromatic carbocycles. The topological polar surface area (TPSA) is 94.4 Å². The van der Waals surface area contributed by atoms with Gasteiger partial charge >= 0.3 is 0 Å². The maximum absolute atomic E-state index is 11.5. The second-order valence-corrected chi connectivity index (χ2v) is 5.00. The minimum atomic E-state index is -0.699. The number of aliphatic hydroxyl groups is 1. The van der Waals surface area contributed by atoms with Crippen molar-refractivity contribution >= 4 is 5.91 Å². The van der Waals surface area contributed by atoms with Crippen LogP contribution in [0.4, 0.5) is 0 Å². The molecule has 1 aromatic rings. The number of carbonyl (C=O) groups excluding carboxylic acids is 1. The average Bonchev–Trinajstić information content (AvgIpc) is 2.52. The lowest BCUT2D eigenvalue weighted by Crippen LogP contribution is -2.50. The van der Waals surface area contributed by atoms with E-state index >= 15 is 0 Å². The zero-order valence-electron chi connectivity index (χ0n) is 11.7. The molecule has 0 bridgehead atoms. The number of rotatable bonds is 6. The SMILES string of the molecule is N#Cc1ccc(OCC(O)CNC2CCCNC2=O)cc1. The molecular weight excluding hydrogens is 270 g/mol. The summed E-state index contributed by atoms with van der Waals surface area (Å²) < 4.78 is 5.43. The fourth-order valence-corrected chi connectivity index (χ4v) is 2.12. The van der Waals surface area contributed by atoms with Crippen LogP contribution in [0.25, 0.3) is 0 Å². The Morgan fingerprint density at radius 1 is 1.48 bits per heavy atom. The van der Waals surface area contributed by atoms with Crippen LogP contribution >= 0.6 is 0 Å². The van der Waals surface area contributed by atoms with Crippen molar-refractivity contribution in [3.8, 4) is 11.8 Å². The number of amides is 1.